The predicted octanol–water partition coefficient (Wildman–Crippen LogP) is 2.33. The largest absolute Gasteiger partial charge is 0.426 e. The molecular weight excluding hydrogens is 204 g/mol. The average Bonchev–Trinajstić information content (AvgIpc) is 2.95. The summed E-state index contributed by atoms with van der Waals surface area (Å²) in [5.41, 5.74) is 1.11. The van der Waals surface area contributed by atoms with E-state index >= 15 is 0 Å². The van der Waals surface area contributed by atoms with Gasteiger partial charge in [-0.1, -0.05) is 18.2 Å². The van der Waals surface area contributed by atoms with Crippen LogP contribution in [0.2, 0.25) is 0 Å². The van der Waals surface area contributed by atoms with Crippen LogP contribution in [0.15, 0.2) is 24.3 Å². The van der Waals surface area contributed by atoms with E-state index in [2.05, 4.69) is 6.92 Å². The van der Waals surface area contributed by atoms with Crippen molar-refractivity contribution in [2.24, 2.45) is 0 Å². The van der Waals surface area contributed by atoms with Crippen LogP contribution in [-0.4, -0.2) is 18.2 Å². The van der Waals surface area contributed by atoms with Crippen LogP contribution in [0, 0.1) is 0 Å². The number of ether oxygens (including phenoxy) is 2. The third-order valence-electron chi connectivity index (χ3n) is 2.79. The minimum absolute atomic E-state index is 0.0450. The molecule has 86 valence electrons. The van der Waals surface area contributed by atoms with E-state index < -0.39 is 0 Å². The van der Waals surface area contributed by atoms with Crippen LogP contribution < -0.4 is 4.74 Å². The van der Waals surface area contributed by atoms with Crippen molar-refractivity contribution in [2.75, 3.05) is 6.61 Å². The Labute approximate surface area is 95.4 Å². The molecule has 1 heterocycles. The van der Waals surface area contributed by atoms with Crippen LogP contribution in [0.1, 0.15) is 25.8 Å². The lowest BCUT2D eigenvalue weighted by Gasteiger charge is -2.09. The van der Waals surface area contributed by atoms with Crippen molar-refractivity contribution in [1.82, 2.24) is 0 Å². The Balaban J connectivity index is 2.03. The molecule has 3 heteroatoms. The van der Waals surface area contributed by atoms with Gasteiger partial charge in [0.15, 0.2) is 0 Å². The van der Waals surface area contributed by atoms with E-state index in [0.29, 0.717) is 5.75 Å². The molecule has 2 rings (SSSR count). The third-order valence-corrected chi connectivity index (χ3v) is 2.79. The van der Waals surface area contributed by atoms with E-state index in [0.717, 1.165) is 25.0 Å². The fourth-order valence-corrected chi connectivity index (χ4v) is 1.63. The van der Waals surface area contributed by atoms with E-state index in [1.54, 1.807) is 0 Å². The topological polar surface area (TPSA) is 38.8 Å². The summed E-state index contributed by atoms with van der Waals surface area (Å²) in [4.78, 5) is 10.9. The highest BCUT2D eigenvalue weighted by atomic mass is 16.6. The normalized spacial score (nSPS) is 22.9. The van der Waals surface area contributed by atoms with Gasteiger partial charge < -0.3 is 9.47 Å². The molecule has 1 saturated heterocycles. The van der Waals surface area contributed by atoms with Gasteiger partial charge in [-0.05, 0) is 31.4 Å². The number of rotatable bonds is 4. The summed E-state index contributed by atoms with van der Waals surface area (Å²) in [5, 5.41) is 0. The zero-order valence-electron chi connectivity index (χ0n) is 9.66. The van der Waals surface area contributed by atoms with Crippen molar-refractivity contribution in [1.29, 1.82) is 0 Å². The molecule has 1 atom stereocenters. The van der Waals surface area contributed by atoms with Gasteiger partial charge in [-0.15, -0.1) is 0 Å². The van der Waals surface area contributed by atoms with Gasteiger partial charge in [0.05, 0.1) is 12.2 Å². The van der Waals surface area contributed by atoms with Crippen LogP contribution in [0.4, 0.5) is 0 Å². The minimum Gasteiger partial charge on any atom is -0.426 e. The smallest absolute Gasteiger partial charge is 0.308 e. The van der Waals surface area contributed by atoms with E-state index in [4.69, 9.17) is 9.47 Å². The first-order valence-corrected chi connectivity index (χ1v) is 5.49. The van der Waals surface area contributed by atoms with Gasteiger partial charge in [-0.3, -0.25) is 4.79 Å². The van der Waals surface area contributed by atoms with Crippen LogP contribution in [0.3, 0.4) is 0 Å². The number of para-hydroxylation sites is 1. The summed E-state index contributed by atoms with van der Waals surface area (Å²) in [6.07, 6.45) is 1.84. The third kappa shape index (κ3) is 2.83. The zero-order chi connectivity index (χ0) is 11.6. The fourth-order valence-electron chi connectivity index (χ4n) is 1.63. The first kappa shape index (κ1) is 11.1. The summed E-state index contributed by atoms with van der Waals surface area (Å²) in [6.45, 7) is 4.35. The Morgan fingerprint density at radius 2 is 2.19 bits per heavy atom. The Morgan fingerprint density at radius 1 is 1.50 bits per heavy atom. The van der Waals surface area contributed by atoms with Crippen LogP contribution in [-0.2, 0) is 16.0 Å². The second-order valence-corrected chi connectivity index (χ2v) is 4.44. The molecule has 0 saturated carbocycles. The van der Waals surface area contributed by atoms with Crippen LogP contribution in [0.25, 0.3) is 0 Å². The Morgan fingerprint density at radius 3 is 2.81 bits per heavy atom. The number of carbonyl (C=O) groups is 1. The average molecular weight is 220 g/mol. The van der Waals surface area contributed by atoms with Gasteiger partial charge >= 0.3 is 5.97 Å². The molecule has 0 N–H and O–H groups in total. The molecule has 0 amide bonds. The van der Waals surface area contributed by atoms with Crippen molar-refractivity contribution < 1.29 is 14.3 Å². The highest BCUT2D eigenvalue weighted by Crippen LogP contribution is 2.32. The van der Waals surface area contributed by atoms with Gasteiger partial charge in [-0.2, -0.15) is 0 Å². The Hall–Kier alpha value is -1.35. The molecule has 0 bridgehead atoms. The summed E-state index contributed by atoms with van der Waals surface area (Å²) in [5.74, 6) is 0.389. The lowest BCUT2D eigenvalue weighted by Crippen LogP contribution is -2.08. The van der Waals surface area contributed by atoms with Crippen molar-refractivity contribution in [3.05, 3.63) is 29.8 Å². The number of hydrogen-bond acceptors (Lipinski definition) is 3. The number of benzene rings is 1. The van der Waals surface area contributed by atoms with Gasteiger partial charge in [-0.25, -0.2) is 0 Å². The highest BCUT2D eigenvalue weighted by Gasteiger charge is 2.38. The van der Waals surface area contributed by atoms with E-state index in [-0.39, 0.29) is 11.6 Å². The molecule has 3 nitrogen and oxygen atoms in total. The lowest BCUT2D eigenvalue weighted by molar-refractivity contribution is -0.131. The van der Waals surface area contributed by atoms with E-state index in [1.165, 1.54) is 6.92 Å². The monoisotopic (exact) mass is 220 g/mol. The summed E-state index contributed by atoms with van der Waals surface area (Å²) in [7, 11) is 0. The first-order chi connectivity index (χ1) is 7.59. The standard InChI is InChI=1S/C13H16O3/c1-10(14)16-12-6-4-3-5-11(12)7-8-13(2)9-15-13/h3-6H,7-9H2,1-2H3. The molecule has 0 aliphatic carbocycles. The molecule has 1 aromatic rings. The van der Waals surface area contributed by atoms with Gasteiger partial charge in [0.2, 0.25) is 0 Å². The molecule has 1 aliphatic heterocycles. The maximum atomic E-state index is 10.9. The second-order valence-electron chi connectivity index (χ2n) is 4.44. The molecule has 1 fully saturated rings. The van der Waals surface area contributed by atoms with Crippen molar-refractivity contribution in [3.63, 3.8) is 0 Å². The second kappa shape index (κ2) is 4.26. The molecule has 1 aromatic carbocycles. The molecule has 1 aliphatic rings. The lowest BCUT2D eigenvalue weighted by atomic mass is 10.0. The maximum absolute atomic E-state index is 10.9. The minimum atomic E-state index is -0.277. The molecule has 0 spiro atoms. The summed E-state index contributed by atoms with van der Waals surface area (Å²) in [6, 6.07) is 7.65. The van der Waals surface area contributed by atoms with Crippen molar-refractivity contribution >= 4 is 5.97 Å². The number of esters is 1. The molecule has 16 heavy (non-hydrogen) atoms. The van der Waals surface area contributed by atoms with E-state index in [1.807, 2.05) is 24.3 Å². The maximum Gasteiger partial charge on any atom is 0.308 e. The van der Waals surface area contributed by atoms with Crippen LogP contribution >= 0.6 is 0 Å². The predicted molar refractivity (Wildman–Crippen MR) is 60.4 cm³/mol. The molecule has 1 unspecified atom stereocenters. The number of carbonyl (C=O) groups excluding carboxylic acids is 1. The highest BCUT2D eigenvalue weighted by molar-refractivity contribution is 5.69. The molecule has 0 aromatic heterocycles. The number of aryl methyl sites for hydroxylation is 1. The van der Waals surface area contributed by atoms with Gasteiger partial charge in [0.25, 0.3) is 0 Å². The number of epoxide rings is 1. The summed E-state index contributed by atoms with van der Waals surface area (Å²) < 4.78 is 10.5. The molecular formula is C13H16O3. The first-order valence-electron chi connectivity index (χ1n) is 5.49. The fraction of sp³-hybridized carbons (Fsp3) is 0.462. The van der Waals surface area contributed by atoms with Crippen LogP contribution in [0.5, 0.6) is 5.75 Å². The van der Waals surface area contributed by atoms with E-state index in [9.17, 15) is 4.79 Å². The zero-order valence-corrected chi connectivity index (χ0v) is 9.66. The Kier molecular flexibility index (Phi) is 2.97. The Bertz CT molecular complexity index is 394. The SMILES string of the molecule is CC(=O)Oc1ccccc1CCC1(C)CO1. The van der Waals surface area contributed by atoms with Crippen molar-refractivity contribution in [2.45, 2.75) is 32.3 Å². The van der Waals surface area contributed by atoms with Crippen molar-refractivity contribution in [3.8, 4) is 5.75 Å². The molecule has 0 radical (unpaired) electrons. The van der Waals surface area contributed by atoms with Gasteiger partial charge in [0, 0.05) is 6.92 Å². The summed E-state index contributed by atoms with van der Waals surface area (Å²) >= 11 is 0. The quantitative estimate of drug-likeness (QED) is 0.444. The number of hydrogen-bond donors (Lipinski definition) is 0. The van der Waals surface area contributed by atoms with Gasteiger partial charge in [0.1, 0.15) is 5.75 Å².